The van der Waals surface area contributed by atoms with Gasteiger partial charge in [0.2, 0.25) is 0 Å². The molecule has 8 heteroatoms. The summed E-state index contributed by atoms with van der Waals surface area (Å²) in [5.74, 6) is -0.534. The number of epoxide rings is 1. The molecule has 234 valence electrons. The number of nitrogens with zero attached hydrogens (tertiary/aromatic N) is 1. The van der Waals surface area contributed by atoms with Gasteiger partial charge in [-0.15, -0.1) is 11.3 Å². The Bertz CT molecular complexity index is 1180. The number of carbonyl (C=O) groups is 2. The lowest BCUT2D eigenvalue weighted by Crippen LogP contribution is -2.47. The van der Waals surface area contributed by atoms with Gasteiger partial charge in [-0.05, 0) is 81.8 Å². The monoisotopic (exact) mass is 601 g/mol. The van der Waals surface area contributed by atoms with Crippen LogP contribution in [0.2, 0.25) is 0 Å². The van der Waals surface area contributed by atoms with Crippen molar-refractivity contribution in [2.24, 2.45) is 29.1 Å². The zero-order chi connectivity index (χ0) is 30.4. The van der Waals surface area contributed by atoms with Crippen LogP contribution in [-0.4, -0.2) is 56.5 Å². The number of hydrogen-bond donors (Lipinski definition) is 2. The van der Waals surface area contributed by atoms with E-state index in [-0.39, 0.29) is 29.3 Å². The van der Waals surface area contributed by atoms with E-state index < -0.39 is 35.6 Å². The lowest BCUT2D eigenvalue weighted by molar-refractivity contribution is -0.155. The van der Waals surface area contributed by atoms with Gasteiger partial charge in [0.15, 0.2) is 0 Å². The van der Waals surface area contributed by atoms with E-state index in [2.05, 4.69) is 4.98 Å². The smallest absolute Gasteiger partial charge is 0.309 e. The predicted molar refractivity (Wildman–Crippen MR) is 164 cm³/mol. The van der Waals surface area contributed by atoms with Crippen LogP contribution in [-0.2, 0) is 19.1 Å². The van der Waals surface area contributed by atoms with Gasteiger partial charge in [0, 0.05) is 17.7 Å². The lowest BCUT2D eigenvalue weighted by Gasteiger charge is -2.41. The molecule has 1 aromatic rings. The summed E-state index contributed by atoms with van der Waals surface area (Å²) in [4.78, 5) is 31.6. The molecule has 42 heavy (non-hydrogen) atoms. The maximum atomic E-state index is 13.5. The zero-order valence-corrected chi connectivity index (χ0v) is 27.2. The number of esters is 1. The van der Waals surface area contributed by atoms with Crippen molar-refractivity contribution in [3.63, 3.8) is 0 Å². The number of ether oxygens (including phenoxy) is 2. The number of aliphatic hydroxyl groups excluding tert-OH is 2. The Morgan fingerprint density at radius 2 is 1.67 bits per heavy atom. The standard InChI is InChI=1S/C34H51NO6S/c1-20-10-9-15-33(24-11-7-12-24)34(41-33,25-13-8-14-25)18-27(21(2)16-26-19-42-23(4)35-26)40-29(37)17-28(36)32(5,6)31(39)22(3)30(20)38/h16,19-20,22,24-25,27-28,30,36,38H,7-15,17-18H2,1-6H3/b21-16+/t20-,22+,27-,28-,30-,33-,34+/m0/s1. The number of thiazole rings is 1. The van der Waals surface area contributed by atoms with Crippen molar-refractivity contribution in [2.75, 3.05) is 0 Å². The first kappa shape index (κ1) is 31.8. The van der Waals surface area contributed by atoms with Crippen molar-refractivity contribution in [1.29, 1.82) is 0 Å². The largest absolute Gasteiger partial charge is 0.458 e. The Morgan fingerprint density at radius 1 is 1.02 bits per heavy atom. The molecule has 4 aliphatic rings. The molecular weight excluding hydrogens is 550 g/mol. The molecule has 7 atom stereocenters. The van der Waals surface area contributed by atoms with Crippen LogP contribution >= 0.6 is 11.3 Å². The van der Waals surface area contributed by atoms with E-state index in [9.17, 15) is 19.8 Å². The number of rotatable bonds is 4. The summed E-state index contributed by atoms with van der Waals surface area (Å²) in [5.41, 5.74) is -0.00818. The Kier molecular flexibility index (Phi) is 9.13. The van der Waals surface area contributed by atoms with E-state index in [1.807, 2.05) is 32.2 Å². The van der Waals surface area contributed by atoms with Gasteiger partial charge in [-0.3, -0.25) is 9.59 Å². The number of carbonyl (C=O) groups excluding carboxylic acids is 2. The van der Waals surface area contributed by atoms with Crippen LogP contribution in [0, 0.1) is 36.0 Å². The van der Waals surface area contributed by atoms with Gasteiger partial charge < -0.3 is 19.7 Å². The number of hydrogen-bond acceptors (Lipinski definition) is 8. The summed E-state index contributed by atoms with van der Waals surface area (Å²) >= 11 is 1.59. The van der Waals surface area contributed by atoms with Gasteiger partial charge in [0.25, 0.3) is 0 Å². The molecule has 2 aliphatic carbocycles. The zero-order valence-electron chi connectivity index (χ0n) is 26.4. The second-order valence-corrected chi connectivity index (χ2v) is 15.5. The molecule has 0 radical (unpaired) electrons. The van der Waals surface area contributed by atoms with Crippen molar-refractivity contribution in [1.82, 2.24) is 4.98 Å². The molecule has 2 saturated heterocycles. The topological polar surface area (TPSA) is 109 Å². The van der Waals surface area contributed by atoms with E-state index in [1.54, 1.807) is 32.1 Å². The third-order valence-electron chi connectivity index (χ3n) is 11.4. The number of cyclic esters (lactones) is 1. The fourth-order valence-electron chi connectivity index (χ4n) is 7.97. The SMILES string of the molecule is C/C(=C\c1csc(C)n1)[C@@H]1C[C@]2(C3CCC3)O[C@]2(C2CCC2)CCC[C@H](C)[C@H](O)[C@@H](C)C(=O)C(C)(C)[C@@H](O)CC(=O)O1. The second-order valence-electron chi connectivity index (χ2n) is 14.5. The highest BCUT2D eigenvalue weighted by molar-refractivity contribution is 7.09. The number of ketones is 1. The van der Waals surface area contributed by atoms with E-state index >= 15 is 0 Å². The Hall–Kier alpha value is -1.61. The summed E-state index contributed by atoms with van der Waals surface area (Å²) < 4.78 is 13.3. The quantitative estimate of drug-likeness (QED) is 0.302. The number of aryl methyl sites for hydroxylation is 1. The van der Waals surface area contributed by atoms with Gasteiger partial charge in [0.1, 0.15) is 23.1 Å². The molecule has 0 spiro atoms. The molecule has 0 bridgehead atoms. The van der Waals surface area contributed by atoms with Crippen LogP contribution in [0.15, 0.2) is 11.0 Å². The highest BCUT2D eigenvalue weighted by Gasteiger charge is 2.76. The normalized spacial score (nSPS) is 39.1. The number of aromatic nitrogens is 1. The van der Waals surface area contributed by atoms with Crippen LogP contribution in [0.4, 0.5) is 0 Å². The Morgan fingerprint density at radius 3 is 2.24 bits per heavy atom. The van der Waals surface area contributed by atoms with Crippen LogP contribution in [0.1, 0.15) is 116 Å². The number of Topliss-reactive ketones (excluding diaryl/α,β-unsaturated/α-hetero) is 1. The van der Waals surface area contributed by atoms with Gasteiger partial charge in [0.05, 0.1) is 34.7 Å². The van der Waals surface area contributed by atoms with E-state index in [0.717, 1.165) is 61.2 Å². The van der Waals surface area contributed by atoms with Crippen LogP contribution in [0.5, 0.6) is 0 Å². The van der Waals surface area contributed by atoms with Crippen molar-refractivity contribution in [3.05, 3.63) is 21.7 Å². The highest BCUT2D eigenvalue weighted by atomic mass is 32.1. The molecule has 5 rings (SSSR count). The fourth-order valence-corrected chi connectivity index (χ4v) is 8.54. The molecule has 3 heterocycles. The highest BCUT2D eigenvalue weighted by Crippen LogP contribution is 2.69. The number of aliphatic hydroxyl groups is 2. The fraction of sp³-hybridized carbons (Fsp3) is 0.794. The molecule has 2 saturated carbocycles. The average Bonchev–Trinajstić information content (AvgIpc) is 3.26. The van der Waals surface area contributed by atoms with Gasteiger partial charge in [-0.2, -0.15) is 0 Å². The molecule has 4 fully saturated rings. The van der Waals surface area contributed by atoms with Crippen LogP contribution < -0.4 is 0 Å². The van der Waals surface area contributed by atoms with Crippen LogP contribution in [0.3, 0.4) is 0 Å². The molecule has 0 aromatic carbocycles. The van der Waals surface area contributed by atoms with Crippen LogP contribution in [0.25, 0.3) is 6.08 Å². The first-order valence-corrected chi connectivity index (χ1v) is 17.1. The van der Waals surface area contributed by atoms with Crippen molar-refractivity contribution in [3.8, 4) is 0 Å². The molecule has 2 N–H and O–H groups in total. The molecular formula is C34H51NO6S. The third kappa shape index (κ3) is 5.78. The van der Waals surface area contributed by atoms with E-state index in [4.69, 9.17) is 9.47 Å². The predicted octanol–water partition coefficient (Wildman–Crippen LogP) is 6.43. The molecule has 7 nitrogen and oxygen atoms in total. The summed E-state index contributed by atoms with van der Waals surface area (Å²) in [6.07, 6.45) is 9.41. The van der Waals surface area contributed by atoms with Crippen molar-refractivity contribution < 1.29 is 29.3 Å². The van der Waals surface area contributed by atoms with Gasteiger partial charge in [-0.1, -0.05) is 47.0 Å². The summed E-state index contributed by atoms with van der Waals surface area (Å²) in [6, 6.07) is 0. The summed E-state index contributed by atoms with van der Waals surface area (Å²) in [7, 11) is 0. The minimum Gasteiger partial charge on any atom is -0.458 e. The first-order chi connectivity index (χ1) is 19.8. The van der Waals surface area contributed by atoms with E-state index in [1.165, 1.54) is 12.8 Å². The van der Waals surface area contributed by atoms with Crippen molar-refractivity contribution in [2.45, 2.75) is 142 Å². The Labute approximate surface area is 255 Å². The Balaban J connectivity index is 1.51. The molecule has 1 aromatic heterocycles. The number of fused-ring (bicyclic) bond motifs is 1. The average molecular weight is 602 g/mol. The van der Waals surface area contributed by atoms with Gasteiger partial charge in [-0.25, -0.2) is 4.98 Å². The lowest BCUT2D eigenvalue weighted by atomic mass is 9.60. The van der Waals surface area contributed by atoms with E-state index in [0.29, 0.717) is 18.3 Å². The molecule has 0 unspecified atom stereocenters. The second kappa shape index (κ2) is 12.1. The molecule has 2 aliphatic heterocycles. The molecule has 0 amide bonds. The maximum Gasteiger partial charge on any atom is 0.309 e. The third-order valence-corrected chi connectivity index (χ3v) is 12.2. The summed E-state index contributed by atoms with van der Waals surface area (Å²) in [6.45, 7) is 11.1. The summed E-state index contributed by atoms with van der Waals surface area (Å²) in [5, 5.41) is 25.3. The van der Waals surface area contributed by atoms with Gasteiger partial charge >= 0.3 is 5.97 Å². The van der Waals surface area contributed by atoms with Crippen molar-refractivity contribution >= 4 is 29.2 Å². The minimum absolute atomic E-state index is 0.0652. The maximum absolute atomic E-state index is 13.5. The first-order valence-electron chi connectivity index (χ1n) is 16.2. The minimum atomic E-state index is -1.23.